The second-order valence-corrected chi connectivity index (χ2v) is 5.40. The molecule has 1 fully saturated rings. The van der Waals surface area contributed by atoms with Gasteiger partial charge in [0, 0.05) is 20.1 Å². The highest BCUT2D eigenvalue weighted by Gasteiger charge is 2.43. The van der Waals surface area contributed by atoms with Gasteiger partial charge in [-0.2, -0.15) is 0 Å². The van der Waals surface area contributed by atoms with Crippen LogP contribution in [0.2, 0.25) is 0 Å². The van der Waals surface area contributed by atoms with Crippen LogP contribution in [-0.2, 0) is 4.79 Å². The van der Waals surface area contributed by atoms with Crippen molar-refractivity contribution in [2.24, 2.45) is 0 Å². The molecular weight excluding hydrogens is 263 g/mol. The number of piperazine rings is 1. The summed E-state index contributed by atoms with van der Waals surface area (Å²) in [5.74, 6) is -1.63. The van der Waals surface area contributed by atoms with Crippen molar-refractivity contribution in [2.45, 2.75) is 19.4 Å². The Bertz CT molecular complexity index is 572. The van der Waals surface area contributed by atoms with Gasteiger partial charge in [-0.15, -0.1) is 0 Å². The summed E-state index contributed by atoms with van der Waals surface area (Å²) in [5.41, 5.74) is -1.15. The van der Waals surface area contributed by atoms with E-state index in [9.17, 15) is 19.1 Å². The number of phenolic OH excluding ortho intramolecular Hbond substituents is 1. The molecule has 0 saturated carbocycles. The fourth-order valence-corrected chi connectivity index (χ4v) is 2.39. The minimum Gasteiger partial charge on any atom is -0.507 e. The maximum atomic E-state index is 13.2. The Labute approximate surface area is 116 Å². The Morgan fingerprint density at radius 3 is 2.65 bits per heavy atom. The summed E-state index contributed by atoms with van der Waals surface area (Å²) >= 11 is 0. The van der Waals surface area contributed by atoms with E-state index in [0.29, 0.717) is 13.1 Å². The molecule has 0 unspecified atom stereocenters. The molecule has 1 saturated heterocycles. The lowest BCUT2D eigenvalue weighted by molar-refractivity contribution is -0.144. The van der Waals surface area contributed by atoms with Crippen molar-refractivity contribution in [1.82, 2.24) is 9.80 Å². The predicted molar refractivity (Wildman–Crippen MR) is 70.8 cm³/mol. The van der Waals surface area contributed by atoms with Crippen LogP contribution in [0.4, 0.5) is 4.39 Å². The molecular formula is C14H17FN2O3. The number of carbonyl (C=O) groups is 2. The molecule has 6 heteroatoms. The Hall–Kier alpha value is -2.11. The van der Waals surface area contributed by atoms with E-state index < -0.39 is 17.3 Å². The quantitative estimate of drug-likeness (QED) is 0.841. The second kappa shape index (κ2) is 4.77. The number of rotatable bonds is 1. The molecule has 2 amide bonds. The van der Waals surface area contributed by atoms with Gasteiger partial charge in [-0.05, 0) is 32.0 Å². The summed E-state index contributed by atoms with van der Waals surface area (Å²) in [5, 5.41) is 9.71. The number of halogens is 1. The maximum absolute atomic E-state index is 13.2. The molecule has 0 aliphatic carbocycles. The Kier molecular flexibility index (Phi) is 3.41. The van der Waals surface area contributed by atoms with Crippen LogP contribution < -0.4 is 0 Å². The average molecular weight is 280 g/mol. The van der Waals surface area contributed by atoms with Gasteiger partial charge in [0.1, 0.15) is 17.1 Å². The van der Waals surface area contributed by atoms with Crippen molar-refractivity contribution < 1.29 is 19.1 Å². The predicted octanol–water partition coefficient (Wildman–Crippen LogP) is 1.22. The summed E-state index contributed by atoms with van der Waals surface area (Å²) in [6.45, 7) is 4.02. The van der Waals surface area contributed by atoms with Gasteiger partial charge in [-0.25, -0.2) is 4.39 Å². The highest BCUT2D eigenvalue weighted by atomic mass is 19.1. The van der Waals surface area contributed by atoms with Gasteiger partial charge in [0.25, 0.3) is 5.91 Å². The molecule has 1 aromatic rings. The largest absolute Gasteiger partial charge is 0.507 e. The van der Waals surface area contributed by atoms with Crippen molar-refractivity contribution >= 4 is 11.8 Å². The standard InChI is InChI=1S/C14H17FN2O3/c1-14(2)13(20)16(3)6-7-17(14)12(19)10-8-9(15)4-5-11(10)18/h4-5,8,18H,6-7H2,1-3H3. The van der Waals surface area contributed by atoms with Crippen molar-refractivity contribution in [3.8, 4) is 5.75 Å². The van der Waals surface area contributed by atoms with Gasteiger partial charge in [-0.3, -0.25) is 9.59 Å². The smallest absolute Gasteiger partial charge is 0.258 e. The molecule has 20 heavy (non-hydrogen) atoms. The van der Waals surface area contributed by atoms with Crippen LogP contribution in [0.1, 0.15) is 24.2 Å². The fourth-order valence-electron chi connectivity index (χ4n) is 2.39. The lowest BCUT2D eigenvalue weighted by Gasteiger charge is -2.44. The minimum absolute atomic E-state index is 0.129. The topological polar surface area (TPSA) is 60.9 Å². The Balaban J connectivity index is 2.38. The third-order valence-electron chi connectivity index (χ3n) is 3.64. The van der Waals surface area contributed by atoms with E-state index in [2.05, 4.69) is 0 Å². The highest BCUT2D eigenvalue weighted by Crippen LogP contribution is 2.27. The highest BCUT2D eigenvalue weighted by molar-refractivity contribution is 6.01. The first-order valence-corrected chi connectivity index (χ1v) is 6.31. The van der Waals surface area contributed by atoms with Gasteiger partial charge >= 0.3 is 0 Å². The minimum atomic E-state index is -1.02. The Morgan fingerprint density at radius 1 is 1.35 bits per heavy atom. The molecule has 0 atom stereocenters. The van der Waals surface area contributed by atoms with Gasteiger partial charge in [0.05, 0.1) is 5.56 Å². The first-order chi connectivity index (χ1) is 9.25. The number of phenols is 1. The van der Waals surface area contributed by atoms with Gasteiger partial charge in [-0.1, -0.05) is 0 Å². The van der Waals surface area contributed by atoms with Crippen LogP contribution >= 0.6 is 0 Å². The van der Waals surface area contributed by atoms with Crippen LogP contribution in [0, 0.1) is 5.82 Å². The lowest BCUT2D eigenvalue weighted by Crippen LogP contribution is -2.63. The molecule has 1 aliphatic heterocycles. The zero-order chi connectivity index (χ0) is 15.1. The molecule has 2 rings (SSSR count). The molecule has 0 radical (unpaired) electrons. The van der Waals surface area contributed by atoms with Crippen molar-refractivity contribution in [1.29, 1.82) is 0 Å². The number of amides is 2. The first kappa shape index (κ1) is 14.3. The van der Waals surface area contributed by atoms with Crippen molar-refractivity contribution in [2.75, 3.05) is 20.1 Å². The fraction of sp³-hybridized carbons (Fsp3) is 0.429. The van der Waals surface area contributed by atoms with E-state index >= 15 is 0 Å². The SMILES string of the molecule is CN1CCN(C(=O)c2cc(F)ccc2O)C(C)(C)C1=O. The van der Waals surface area contributed by atoms with E-state index in [-0.39, 0.29) is 17.2 Å². The van der Waals surface area contributed by atoms with Crippen molar-refractivity contribution in [3.63, 3.8) is 0 Å². The van der Waals surface area contributed by atoms with E-state index in [1.807, 2.05) is 0 Å². The molecule has 5 nitrogen and oxygen atoms in total. The summed E-state index contributed by atoms with van der Waals surface area (Å²) in [6.07, 6.45) is 0. The number of benzene rings is 1. The second-order valence-electron chi connectivity index (χ2n) is 5.40. The summed E-state index contributed by atoms with van der Waals surface area (Å²) < 4.78 is 13.2. The molecule has 1 N–H and O–H groups in total. The number of aromatic hydroxyl groups is 1. The van der Waals surface area contributed by atoms with Crippen LogP contribution in [0.25, 0.3) is 0 Å². The average Bonchev–Trinajstić information content (AvgIpc) is 2.38. The van der Waals surface area contributed by atoms with Gasteiger partial charge in [0.15, 0.2) is 0 Å². The number of carbonyl (C=O) groups excluding carboxylic acids is 2. The molecule has 1 heterocycles. The molecule has 108 valence electrons. The zero-order valence-electron chi connectivity index (χ0n) is 11.7. The number of hydrogen-bond donors (Lipinski definition) is 1. The normalized spacial score (nSPS) is 18.3. The monoisotopic (exact) mass is 280 g/mol. The van der Waals surface area contributed by atoms with E-state index in [4.69, 9.17) is 0 Å². The molecule has 0 spiro atoms. The Morgan fingerprint density at radius 2 is 2.00 bits per heavy atom. The van der Waals surface area contributed by atoms with E-state index in [0.717, 1.165) is 18.2 Å². The zero-order valence-corrected chi connectivity index (χ0v) is 11.7. The molecule has 1 aliphatic rings. The third kappa shape index (κ3) is 2.21. The van der Waals surface area contributed by atoms with Gasteiger partial charge in [0.2, 0.25) is 5.91 Å². The summed E-state index contributed by atoms with van der Waals surface area (Å²) in [6, 6.07) is 3.19. The van der Waals surface area contributed by atoms with Gasteiger partial charge < -0.3 is 14.9 Å². The number of likely N-dealkylation sites (N-methyl/N-ethyl adjacent to an activating group) is 1. The van der Waals surface area contributed by atoms with E-state index in [1.54, 1.807) is 25.8 Å². The van der Waals surface area contributed by atoms with Crippen LogP contribution in [-0.4, -0.2) is 52.4 Å². The first-order valence-electron chi connectivity index (χ1n) is 6.31. The summed E-state index contributed by atoms with van der Waals surface area (Å²) in [7, 11) is 1.67. The number of nitrogens with zero attached hydrogens (tertiary/aromatic N) is 2. The molecule has 0 bridgehead atoms. The molecule has 0 aromatic heterocycles. The third-order valence-corrected chi connectivity index (χ3v) is 3.64. The maximum Gasteiger partial charge on any atom is 0.258 e. The van der Waals surface area contributed by atoms with Crippen molar-refractivity contribution in [3.05, 3.63) is 29.6 Å². The lowest BCUT2D eigenvalue weighted by atomic mass is 9.96. The number of hydrogen-bond acceptors (Lipinski definition) is 3. The van der Waals surface area contributed by atoms with Crippen LogP contribution in [0.5, 0.6) is 5.75 Å². The van der Waals surface area contributed by atoms with Crippen LogP contribution in [0.15, 0.2) is 18.2 Å². The summed E-state index contributed by atoms with van der Waals surface area (Å²) in [4.78, 5) is 27.5. The van der Waals surface area contributed by atoms with Crippen LogP contribution in [0.3, 0.4) is 0 Å². The molecule has 1 aromatic carbocycles. The van der Waals surface area contributed by atoms with E-state index in [1.165, 1.54) is 4.90 Å².